The van der Waals surface area contributed by atoms with E-state index in [1.165, 1.54) is 86.6 Å². The largest absolute Gasteiger partial charge is 0.243 e. The second-order valence-corrected chi connectivity index (χ2v) is 19.9. The molecule has 0 fully saturated rings. The first kappa shape index (κ1) is 42.6. The van der Waals surface area contributed by atoms with E-state index in [0.717, 1.165) is 55.4 Å². The van der Waals surface area contributed by atoms with Gasteiger partial charge >= 0.3 is 0 Å². The van der Waals surface area contributed by atoms with Crippen LogP contribution in [0.3, 0.4) is 0 Å². The number of hydrogen-bond acceptors (Lipinski definition) is 3. The summed E-state index contributed by atoms with van der Waals surface area (Å²) in [6, 6.07) is 96.6. The SMILES string of the molecule is c1ccc(-c2ccc(-c3nc4c5ccccc5c5ccccc5c4nc3-c3cccc(-c4cc(-c5cccc(-c6ccccc6)c5)cc5c4sc4ccc(-c6cccc(-c7ccccc7)c6)cc45)c3)cc2)cc1. The van der Waals surface area contributed by atoms with Crippen molar-refractivity contribution in [3.8, 4) is 89.3 Å². The molecule has 2 nitrogen and oxygen atoms in total. The Morgan fingerprint density at radius 1 is 0.219 bits per heavy atom. The van der Waals surface area contributed by atoms with Crippen molar-refractivity contribution in [1.29, 1.82) is 0 Å². The fraction of sp³-hybridized carbons (Fsp3) is 0. The molecule has 0 bridgehead atoms. The summed E-state index contributed by atoms with van der Waals surface area (Å²) in [5.41, 5.74) is 19.7. The lowest BCUT2D eigenvalue weighted by molar-refractivity contribution is 1.31. The molecule has 14 rings (SSSR count). The Labute approximate surface area is 427 Å². The van der Waals surface area contributed by atoms with Crippen molar-refractivity contribution in [2.75, 3.05) is 0 Å². The van der Waals surface area contributed by atoms with Crippen LogP contribution in [0.15, 0.2) is 267 Å². The van der Waals surface area contributed by atoms with Crippen molar-refractivity contribution >= 4 is 64.1 Å². The molecular weight excluding hydrogens is 901 g/mol. The first-order valence-electron chi connectivity index (χ1n) is 24.9. The predicted octanol–water partition coefficient (Wildman–Crippen LogP) is 19.6. The lowest BCUT2D eigenvalue weighted by Gasteiger charge is -2.16. The Morgan fingerprint density at radius 2 is 0.589 bits per heavy atom. The van der Waals surface area contributed by atoms with Gasteiger partial charge in [0.1, 0.15) is 0 Å². The van der Waals surface area contributed by atoms with Gasteiger partial charge < -0.3 is 0 Å². The molecule has 0 atom stereocenters. The molecule has 12 aromatic carbocycles. The summed E-state index contributed by atoms with van der Waals surface area (Å²) in [5, 5.41) is 7.03. The van der Waals surface area contributed by atoms with E-state index in [2.05, 4.69) is 267 Å². The van der Waals surface area contributed by atoms with Gasteiger partial charge in [0.15, 0.2) is 0 Å². The van der Waals surface area contributed by atoms with E-state index in [1.807, 2.05) is 11.3 Å². The van der Waals surface area contributed by atoms with Gasteiger partial charge in [0.05, 0.1) is 22.4 Å². The monoisotopic (exact) mass is 944 g/mol. The summed E-state index contributed by atoms with van der Waals surface area (Å²) in [6.07, 6.45) is 0. The number of hydrogen-bond donors (Lipinski definition) is 0. The van der Waals surface area contributed by atoms with E-state index >= 15 is 0 Å². The van der Waals surface area contributed by atoms with Crippen LogP contribution >= 0.6 is 11.3 Å². The molecular formula is C70H44N2S. The highest BCUT2D eigenvalue weighted by atomic mass is 32.1. The van der Waals surface area contributed by atoms with Gasteiger partial charge in [-0.2, -0.15) is 0 Å². The molecule has 340 valence electrons. The molecule has 0 aliphatic rings. The maximum Gasteiger partial charge on any atom is 0.0979 e. The number of aromatic nitrogens is 2. The van der Waals surface area contributed by atoms with E-state index in [-0.39, 0.29) is 0 Å². The first-order valence-corrected chi connectivity index (χ1v) is 25.7. The summed E-state index contributed by atoms with van der Waals surface area (Å²) in [6.45, 7) is 0. The molecule has 0 N–H and O–H groups in total. The fourth-order valence-corrected chi connectivity index (χ4v) is 12.0. The Hall–Kier alpha value is -9.28. The summed E-state index contributed by atoms with van der Waals surface area (Å²) in [7, 11) is 0. The Kier molecular flexibility index (Phi) is 10.4. The minimum atomic E-state index is 0.851. The lowest BCUT2D eigenvalue weighted by atomic mass is 9.92. The molecule has 2 heterocycles. The van der Waals surface area contributed by atoms with Crippen LogP contribution in [-0.4, -0.2) is 9.97 Å². The van der Waals surface area contributed by atoms with Crippen molar-refractivity contribution < 1.29 is 0 Å². The quantitative estimate of drug-likeness (QED) is 0.142. The van der Waals surface area contributed by atoms with Crippen LogP contribution in [-0.2, 0) is 0 Å². The van der Waals surface area contributed by atoms with Gasteiger partial charge in [-0.1, -0.05) is 224 Å². The van der Waals surface area contributed by atoms with E-state index < -0.39 is 0 Å². The molecule has 14 aromatic rings. The summed E-state index contributed by atoms with van der Waals surface area (Å²) >= 11 is 1.87. The Balaban J connectivity index is 0.981. The predicted molar refractivity (Wildman–Crippen MR) is 311 cm³/mol. The average Bonchev–Trinajstić information content (AvgIpc) is 3.85. The lowest BCUT2D eigenvalue weighted by Crippen LogP contribution is -1.98. The third-order valence-electron chi connectivity index (χ3n) is 14.4. The van der Waals surface area contributed by atoms with Crippen LogP contribution in [0, 0.1) is 0 Å². The van der Waals surface area contributed by atoms with Crippen molar-refractivity contribution in [3.63, 3.8) is 0 Å². The number of benzene rings is 12. The molecule has 0 aliphatic heterocycles. The van der Waals surface area contributed by atoms with Crippen LogP contribution in [0.5, 0.6) is 0 Å². The molecule has 2 aromatic heterocycles. The molecule has 0 aliphatic carbocycles. The van der Waals surface area contributed by atoms with Crippen molar-refractivity contribution in [2.24, 2.45) is 0 Å². The highest BCUT2D eigenvalue weighted by Crippen LogP contribution is 2.46. The van der Waals surface area contributed by atoms with Crippen LogP contribution < -0.4 is 0 Å². The van der Waals surface area contributed by atoms with Gasteiger partial charge in [-0.05, 0) is 114 Å². The number of nitrogens with zero attached hydrogens (tertiary/aromatic N) is 2. The van der Waals surface area contributed by atoms with Crippen molar-refractivity contribution in [2.45, 2.75) is 0 Å². The van der Waals surface area contributed by atoms with Gasteiger partial charge in [0.25, 0.3) is 0 Å². The molecule has 0 saturated carbocycles. The van der Waals surface area contributed by atoms with Gasteiger partial charge in [-0.15, -0.1) is 11.3 Å². The zero-order chi connectivity index (χ0) is 48.2. The third kappa shape index (κ3) is 7.66. The van der Waals surface area contributed by atoms with Gasteiger partial charge in [-0.25, -0.2) is 9.97 Å². The van der Waals surface area contributed by atoms with Crippen molar-refractivity contribution in [1.82, 2.24) is 9.97 Å². The standard InChI is InChI=1S/C70H44N2S/c1-4-17-45(18-5-1)48-33-35-49(36-34-48)66-67(72-69-61-32-13-11-30-59(61)58-29-10-12-31-60(58)68(69)71-66)56-28-16-27-55(41-56)62-43-57(53-26-15-24-51(40-53)47-21-8-3-9-22-47)44-64-63-42-54(37-38-65(63)73-70(62)64)52-25-14-23-50(39-52)46-19-6-2-7-20-46/h1-44H. The second-order valence-electron chi connectivity index (χ2n) is 18.8. The van der Waals surface area contributed by atoms with Crippen LogP contribution in [0.4, 0.5) is 0 Å². The molecule has 0 amide bonds. The van der Waals surface area contributed by atoms with Gasteiger partial charge in [-0.3, -0.25) is 0 Å². The fourth-order valence-electron chi connectivity index (χ4n) is 10.8. The third-order valence-corrected chi connectivity index (χ3v) is 15.7. The van der Waals surface area contributed by atoms with Gasteiger partial charge in [0.2, 0.25) is 0 Å². The molecule has 3 heteroatoms. The molecule has 73 heavy (non-hydrogen) atoms. The molecule has 0 saturated heterocycles. The van der Waals surface area contributed by atoms with E-state index in [1.54, 1.807) is 0 Å². The summed E-state index contributed by atoms with van der Waals surface area (Å²) in [5.74, 6) is 0. The summed E-state index contributed by atoms with van der Waals surface area (Å²) in [4.78, 5) is 11.4. The highest BCUT2D eigenvalue weighted by molar-refractivity contribution is 7.26. The van der Waals surface area contributed by atoms with E-state index in [0.29, 0.717) is 0 Å². The van der Waals surface area contributed by atoms with E-state index in [4.69, 9.17) is 9.97 Å². The number of fused-ring (bicyclic) bond motifs is 9. The topological polar surface area (TPSA) is 25.8 Å². The normalized spacial score (nSPS) is 11.6. The Bertz CT molecular complexity index is 4410. The van der Waals surface area contributed by atoms with Gasteiger partial charge in [0, 0.05) is 47.6 Å². The zero-order valence-electron chi connectivity index (χ0n) is 39.7. The molecule has 0 spiro atoms. The summed E-state index contributed by atoms with van der Waals surface area (Å²) < 4.78 is 2.51. The Morgan fingerprint density at radius 3 is 1.16 bits per heavy atom. The number of thiophene rings is 1. The minimum Gasteiger partial charge on any atom is -0.243 e. The highest BCUT2D eigenvalue weighted by Gasteiger charge is 2.21. The zero-order valence-corrected chi connectivity index (χ0v) is 40.5. The molecule has 0 unspecified atom stereocenters. The smallest absolute Gasteiger partial charge is 0.0979 e. The van der Waals surface area contributed by atoms with Crippen LogP contribution in [0.2, 0.25) is 0 Å². The maximum absolute atomic E-state index is 5.72. The second kappa shape index (κ2) is 17.8. The van der Waals surface area contributed by atoms with Crippen LogP contribution in [0.25, 0.3) is 142 Å². The molecule has 0 radical (unpaired) electrons. The van der Waals surface area contributed by atoms with E-state index in [9.17, 15) is 0 Å². The van der Waals surface area contributed by atoms with Crippen molar-refractivity contribution in [3.05, 3.63) is 267 Å². The average molecular weight is 945 g/mol. The van der Waals surface area contributed by atoms with Crippen LogP contribution in [0.1, 0.15) is 0 Å². The first-order chi connectivity index (χ1) is 36.2. The number of rotatable bonds is 8. The minimum absolute atomic E-state index is 0.851. The maximum atomic E-state index is 5.72.